The van der Waals surface area contributed by atoms with E-state index in [-0.39, 0.29) is 6.04 Å². The molecule has 0 radical (unpaired) electrons. The number of H-pyrrole nitrogens is 1. The summed E-state index contributed by atoms with van der Waals surface area (Å²) >= 11 is 0. The Morgan fingerprint density at radius 1 is 0.840 bits per heavy atom. The largest absolute Gasteiger partial charge is 0.361 e. The average Bonchev–Trinajstić information content (AvgIpc) is 3.24. The van der Waals surface area contributed by atoms with E-state index in [1.165, 1.54) is 38.7 Å². The van der Waals surface area contributed by atoms with Gasteiger partial charge in [0.25, 0.3) is 0 Å². The third-order valence-electron chi connectivity index (χ3n) is 5.31. The standard InChI is InChI=1S/C23H20N2/c1-25(15-16-7-3-2-4-8-16)23-19-10-6-5-9-17(19)18-11-12-21-20(22(18)23)13-14-24-21/h2-14,23-24H,15H2,1H3. The van der Waals surface area contributed by atoms with E-state index in [9.17, 15) is 0 Å². The van der Waals surface area contributed by atoms with Crippen molar-refractivity contribution >= 4 is 10.9 Å². The molecule has 0 bridgehead atoms. The fourth-order valence-electron chi connectivity index (χ4n) is 4.24. The molecule has 1 aliphatic rings. The second kappa shape index (κ2) is 5.61. The van der Waals surface area contributed by atoms with Crippen LogP contribution >= 0.6 is 0 Å². The summed E-state index contributed by atoms with van der Waals surface area (Å²) in [7, 11) is 2.23. The topological polar surface area (TPSA) is 19.0 Å². The maximum Gasteiger partial charge on any atom is 0.0621 e. The lowest BCUT2D eigenvalue weighted by atomic mass is 9.99. The van der Waals surface area contributed by atoms with Gasteiger partial charge in [-0.25, -0.2) is 0 Å². The van der Waals surface area contributed by atoms with Crippen LogP contribution in [-0.2, 0) is 6.54 Å². The Hall–Kier alpha value is -2.84. The molecule has 0 amide bonds. The van der Waals surface area contributed by atoms with Crippen molar-refractivity contribution in [3.63, 3.8) is 0 Å². The number of nitrogens with one attached hydrogen (secondary N) is 1. The highest BCUT2D eigenvalue weighted by molar-refractivity contribution is 5.94. The summed E-state index contributed by atoms with van der Waals surface area (Å²) in [5.41, 5.74) is 8.13. The molecule has 25 heavy (non-hydrogen) atoms. The van der Waals surface area contributed by atoms with E-state index in [0.29, 0.717) is 0 Å². The summed E-state index contributed by atoms with van der Waals surface area (Å²) in [5.74, 6) is 0. The van der Waals surface area contributed by atoms with Gasteiger partial charge in [0.2, 0.25) is 0 Å². The van der Waals surface area contributed by atoms with Crippen molar-refractivity contribution in [2.75, 3.05) is 7.05 Å². The molecule has 2 nitrogen and oxygen atoms in total. The molecule has 0 spiro atoms. The van der Waals surface area contributed by atoms with Crippen molar-refractivity contribution in [3.05, 3.63) is 95.7 Å². The van der Waals surface area contributed by atoms with Crippen LogP contribution in [0.3, 0.4) is 0 Å². The molecular weight excluding hydrogens is 304 g/mol. The smallest absolute Gasteiger partial charge is 0.0621 e. The number of benzene rings is 3. The number of nitrogens with zero attached hydrogens (tertiary/aromatic N) is 1. The van der Waals surface area contributed by atoms with Crippen molar-refractivity contribution in [3.8, 4) is 11.1 Å². The van der Waals surface area contributed by atoms with Crippen molar-refractivity contribution in [1.29, 1.82) is 0 Å². The van der Waals surface area contributed by atoms with Gasteiger partial charge in [-0.1, -0.05) is 60.7 Å². The SMILES string of the molecule is CN(Cc1ccccc1)C1c2ccccc2-c2ccc3[nH]ccc3c21. The second-order valence-corrected chi connectivity index (χ2v) is 6.86. The van der Waals surface area contributed by atoms with Crippen molar-refractivity contribution in [2.24, 2.45) is 0 Å². The highest BCUT2D eigenvalue weighted by Gasteiger charge is 2.32. The first-order chi connectivity index (χ1) is 12.3. The molecule has 1 aromatic heterocycles. The molecule has 1 N–H and O–H groups in total. The van der Waals surface area contributed by atoms with Crippen LogP contribution in [0, 0.1) is 0 Å². The monoisotopic (exact) mass is 324 g/mol. The Bertz CT molecular complexity index is 1050. The van der Waals surface area contributed by atoms with Gasteiger partial charge in [-0.2, -0.15) is 0 Å². The normalized spacial score (nSPS) is 15.5. The first-order valence-corrected chi connectivity index (χ1v) is 8.76. The van der Waals surface area contributed by atoms with Gasteiger partial charge < -0.3 is 4.98 Å². The molecule has 1 aliphatic carbocycles. The van der Waals surface area contributed by atoms with Gasteiger partial charge in [0.05, 0.1) is 6.04 Å². The first-order valence-electron chi connectivity index (χ1n) is 8.76. The van der Waals surface area contributed by atoms with Crippen molar-refractivity contribution in [1.82, 2.24) is 9.88 Å². The van der Waals surface area contributed by atoms with E-state index < -0.39 is 0 Å². The summed E-state index contributed by atoms with van der Waals surface area (Å²) < 4.78 is 0. The summed E-state index contributed by atoms with van der Waals surface area (Å²) in [6.45, 7) is 0.931. The lowest BCUT2D eigenvalue weighted by Crippen LogP contribution is -2.23. The number of hydrogen-bond donors (Lipinski definition) is 1. The summed E-state index contributed by atoms with van der Waals surface area (Å²) in [6, 6.07) is 26.5. The minimum atomic E-state index is 0.283. The van der Waals surface area contributed by atoms with E-state index in [1.807, 2.05) is 6.20 Å². The van der Waals surface area contributed by atoms with E-state index >= 15 is 0 Å². The summed E-state index contributed by atoms with van der Waals surface area (Å²) in [4.78, 5) is 5.83. The summed E-state index contributed by atoms with van der Waals surface area (Å²) in [5, 5.41) is 1.33. The van der Waals surface area contributed by atoms with Crippen LogP contribution in [0.25, 0.3) is 22.0 Å². The Labute approximate surface area is 147 Å². The minimum absolute atomic E-state index is 0.283. The predicted octanol–water partition coefficient (Wildman–Crippen LogP) is 5.37. The van der Waals surface area contributed by atoms with Crippen LogP contribution < -0.4 is 0 Å². The van der Waals surface area contributed by atoms with Crippen LogP contribution in [0.15, 0.2) is 79.0 Å². The van der Waals surface area contributed by atoms with Crippen LogP contribution in [0.4, 0.5) is 0 Å². The highest BCUT2D eigenvalue weighted by Crippen LogP contribution is 2.48. The minimum Gasteiger partial charge on any atom is -0.361 e. The molecule has 0 fully saturated rings. The van der Waals surface area contributed by atoms with Gasteiger partial charge in [0.1, 0.15) is 0 Å². The highest BCUT2D eigenvalue weighted by atomic mass is 15.1. The molecule has 122 valence electrons. The Morgan fingerprint density at radius 3 is 2.52 bits per heavy atom. The number of rotatable bonds is 3. The molecule has 4 aromatic rings. The maximum absolute atomic E-state index is 3.37. The van der Waals surface area contributed by atoms with Crippen LogP contribution in [0.5, 0.6) is 0 Å². The Kier molecular flexibility index (Phi) is 3.25. The molecule has 0 saturated heterocycles. The van der Waals surface area contributed by atoms with E-state index in [0.717, 1.165) is 6.54 Å². The first kappa shape index (κ1) is 14.5. The van der Waals surface area contributed by atoms with Gasteiger partial charge in [-0.3, -0.25) is 4.90 Å². The molecule has 1 unspecified atom stereocenters. The quantitative estimate of drug-likeness (QED) is 0.537. The average molecular weight is 324 g/mol. The lowest BCUT2D eigenvalue weighted by Gasteiger charge is -2.27. The zero-order chi connectivity index (χ0) is 16.8. The second-order valence-electron chi connectivity index (χ2n) is 6.86. The van der Waals surface area contributed by atoms with Gasteiger partial charge in [0, 0.05) is 23.6 Å². The third-order valence-corrected chi connectivity index (χ3v) is 5.31. The summed E-state index contributed by atoms with van der Waals surface area (Å²) in [6.07, 6.45) is 2.04. The van der Waals surface area contributed by atoms with Gasteiger partial charge in [-0.15, -0.1) is 0 Å². The molecule has 1 atom stereocenters. The Morgan fingerprint density at radius 2 is 1.64 bits per heavy atom. The van der Waals surface area contributed by atoms with Crippen LogP contribution in [0.1, 0.15) is 22.7 Å². The van der Waals surface area contributed by atoms with Gasteiger partial charge in [-0.05, 0) is 47.0 Å². The predicted molar refractivity (Wildman–Crippen MR) is 103 cm³/mol. The number of fused-ring (bicyclic) bond motifs is 5. The molecule has 1 heterocycles. The number of hydrogen-bond acceptors (Lipinski definition) is 1. The molecule has 5 rings (SSSR count). The van der Waals surface area contributed by atoms with Gasteiger partial charge >= 0.3 is 0 Å². The number of aromatic nitrogens is 1. The molecule has 0 saturated carbocycles. The maximum atomic E-state index is 3.37. The van der Waals surface area contributed by atoms with Crippen LogP contribution in [0.2, 0.25) is 0 Å². The van der Waals surface area contributed by atoms with E-state index in [4.69, 9.17) is 0 Å². The zero-order valence-corrected chi connectivity index (χ0v) is 14.2. The molecular formula is C23H20N2. The lowest BCUT2D eigenvalue weighted by molar-refractivity contribution is 0.276. The Balaban J connectivity index is 1.67. The number of aromatic amines is 1. The van der Waals surface area contributed by atoms with Crippen molar-refractivity contribution < 1.29 is 0 Å². The molecule has 3 aromatic carbocycles. The van der Waals surface area contributed by atoms with E-state index in [1.54, 1.807) is 0 Å². The van der Waals surface area contributed by atoms with Gasteiger partial charge in [0.15, 0.2) is 0 Å². The van der Waals surface area contributed by atoms with Crippen LogP contribution in [-0.4, -0.2) is 16.9 Å². The zero-order valence-electron chi connectivity index (χ0n) is 14.2. The van der Waals surface area contributed by atoms with Crippen molar-refractivity contribution in [2.45, 2.75) is 12.6 Å². The molecule has 2 heteroatoms. The molecule has 0 aliphatic heterocycles. The fourth-order valence-corrected chi connectivity index (χ4v) is 4.24. The van der Waals surface area contributed by atoms with E-state index in [2.05, 4.69) is 89.7 Å². The fraction of sp³-hybridized carbons (Fsp3) is 0.130. The third kappa shape index (κ3) is 2.22.